The Labute approximate surface area is 169 Å². The van der Waals surface area contributed by atoms with E-state index in [0.29, 0.717) is 41.7 Å². The Kier molecular flexibility index (Phi) is 7.25. The summed E-state index contributed by atoms with van der Waals surface area (Å²) in [5, 5.41) is 13.7. The molecule has 3 rings (SSSR count). The Morgan fingerprint density at radius 1 is 1.25 bits per heavy atom. The van der Waals surface area contributed by atoms with Crippen molar-refractivity contribution in [3.8, 4) is 17.0 Å². The van der Waals surface area contributed by atoms with E-state index in [-0.39, 0.29) is 11.9 Å². The minimum atomic E-state index is -0.502. The van der Waals surface area contributed by atoms with E-state index in [0.717, 1.165) is 24.8 Å². The van der Waals surface area contributed by atoms with Crippen molar-refractivity contribution in [3.05, 3.63) is 47.1 Å². The van der Waals surface area contributed by atoms with Gasteiger partial charge in [-0.2, -0.15) is 0 Å². The van der Waals surface area contributed by atoms with E-state index in [1.54, 1.807) is 25.3 Å². The van der Waals surface area contributed by atoms with Crippen molar-refractivity contribution < 1.29 is 19.4 Å². The first-order chi connectivity index (χ1) is 13.6. The molecule has 1 amide bonds. The number of aliphatic hydroxyl groups is 1. The molecule has 1 aliphatic rings. The second-order valence-electron chi connectivity index (χ2n) is 6.86. The molecular weight excluding hydrogens is 380 g/mol. The highest BCUT2D eigenvalue weighted by Gasteiger charge is 2.25. The highest BCUT2D eigenvalue weighted by molar-refractivity contribution is 6.30. The Hall–Kier alpha value is -2.15. The van der Waals surface area contributed by atoms with Crippen molar-refractivity contribution in [2.75, 3.05) is 20.3 Å². The summed E-state index contributed by atoms with van der Waals surface area (Å²) >= 11 is 5.99. The molecule has 6 nitrogen and oxygen atoms in total. The van der Waals surface area contributed by atoms with Crippen LogP contribution in [0.5, 0.6) is 5.88 Å². The van der Waals surface area contributed by atoms with E-state index in [4.69, 9.17) is 21.1 Å². The van der Waals surface area contributed by atoms with E-state index in [1.165, 1.54) is 6.20 Å². The third kappa shape index (κ3) is 5.22. The number of nitrogens with one attached hydrogen (secondary N) is 1. The summed E-state index contributed by atoms with van der Waals surface area (Å²) < 4.78 is 10.7. The molecule has 1 aromatic heterocycles. The van der Waals surface area contributed by atoms with Crippen molar-refractivity contribution in [3.63, 3.8) is 0 Å². The quantitative estimate of drug-likeness (QED) is 0.691. The molecule has 0 bridgehead atoms. The van der Waals surface area contributed by atoms with E-state index in [1.807, 2.05) is 12.1 Å². The van der Waals surface area contributed by atoms with Crippen molar-refractivity contribution in [1.29, 1.82) is 0 Å². The minimum absolute atomic E-state index is 0.224. The summed E-state index contributed by atoms with van der Waals surface area (Å²) in [4.78, 5) is 17.1. The van der Waals surface area contributed by atoms with Gasteiger partial charge in [-0.25, -0.2) is 4.98 Å². The zero-order chi connectivity index (χ0) is 19.9. The molecule has 0 saturated heterocycles. The average molecular weight is 405 g/mol. The van der Waals surface area contributed by atoms with Crippen molar-refractivity contribution >= 4 is 17.5 Å². The number of benzene rings is 1. The van der Waals surface area contributed by atoms with Gasteiger partial charge >= 0.3 is 0 Å². The fourth-order valence-corrected chi connectivity index (χ4v) is 3.41. The number of methoxy groups -OCH3 is 1. The zero-order valence-corrected chi connectivity index (χ0v) is 16.6. The second-order valence-corrected chi connectivity index (χ2v) is 7.29. The van der Waals surface area contributed by atoms with Gasteiger partial charge in [0.25, 0.3) is 5.91 Å². The highest BCUT2D eigenvalue weighted by atomic mass is 35.5. The molecular formula is C21H25ClN2O4. The standard InChI is InChI=1S/C21H25ClN2O4/c1-27-10-11-28-21-17(14-6-8-16(22)9-7-14)12-15(13-23-21)20(26)24-18-4-2-3-5-19(18)25/h6-9,12-13,18-19,25H,2-5,10-11H2,1H3,(H,24,26)/t18?,19-/m1/s1. The van der Waals surface area contributed by atoms with Crippen LogP contribution in [0.2, 0.25) is 5.02 Å². The lowest BCUT2D eigenvalue weighted by Crippen LogP contribution is -2.45. The molecule has 1 heterocycles. The first kappa shape index (κ1) is 20.6. The number of carbonyl (C=O) groups excluding carboxylic acids is 1. The molecule has 1 saturated carbocycles. The smallest absolute Gasteiger partial charge is 0.253 e. The Morgan fingerprint density at radius 3 is 2.71 bits per heavy atom. The molecule has 0 spiro atoms. The molecule has 150 valence electrons. The Morgan fingerprint density at radius 2 is 2.00 bits per heavy atom. The van der Waals surface area contributed by atoms with Crippen LogP contribution < -0.4 is 10.1 Å². The van der Waals surface area contributed by atoms with Gasteiger partial charge in [0, 0.05) is 23.9 Å². The number of aliphatic hydroxyl groups excluding tert-OH is 1. The van der Waals surface area contributed by atoms with E-state index in [2.05, 4.69) is 10.3 Å². The number of halogens is 1. The Bertz CT molecular complexity index is 797. The number of pyridine rings is 1. The van der Waals surface area contributed by atoms with Crippen LogP contribution in [-0.4, -0.2) is 48.5 Å². The van der Waals surface area contributed by atoms with Gasteiger partial charge in [0.15, 0.2) is 0 Å². The SMILES string of the molecule is COCCOc1ncc(C(=O)NC2CCCC[C@H]2O)cc1-c1ccc(Cl)cc1. The fraction of sp³-hybridized carbons (Fsp3) is 0.429. The molecule has 1 aliphatic carbocycles. The highest BCUT2D eigenvalue weighted by Crippen LogP contribution is 2.30. The van der Waals surface area contributed by atoms with E-state index in [9.17, 15) is 9.90 Å². The van der Waals surface area contributed by atoms with Crippen LogP contribution in [0, 0.1) is 0 Å². The van der Waals surface area contributed by atoms with Crippen LogP contribution in [0.4, 0.5) is 0 Å². The van der Waals surface area contributed by atoms with Gasteiger partial charge < -0.3 is 19.9 Å². The largest absolute Gasteiger partial charge is 0.475 e. The third-order valence-electron chi connectivity index (χ3n) is 4.84. The van der Waals surface area contributed by atoms with Gasteiger partial charge in [0.2, 0.25) is 5.88 Å². The number of hydrogen-bond donors (Lipinski definition) is 2. The molecule has 1 fully saturated rings. The van der Waals surface area contributed by atoms with Gasteiger partial charge in [0.05, 0.1) is 24.3 Å². The van der Waals surface area contributed by atoms with E-state index < -0.39 is 6.10 Å². The summed E-state index contributed by atoms with van der Waals surface area (Å²) in [5.41, 5.74) is 1.96. The maximum absolute atomic E-state index is 12.7. The second kappa shape index (κ2) is 9.87. The third-order valence-corrected chi connectivity index (χ3v) is 5.09. The number of carbonyl (C=O) groups is 1. The van der Waals surface area contributed by atoms with Crippen molar-refractivity contribution in [2.45, 2.75) is 37.8 Å². The first-order valence-electron chi connectivity index (χ1n) is 9.45. The average Bonchev–Trinajstić information content (AvgIpc) is 2.71. The molecule has 28 heavy (non-hydrogen) atoms. The van der Waals surface area contributed by atoms with Crippen molar-refractivity contribution in [1.82, 2.24) is 10.3 Å². The number of nitrogens with zero attached hydrogens (tertiary/aromatic N) is 1. The molecule has 1 aromatic carbocycles. The molecule has 1 unspecified atom stereocenters. The maximum Gasteiger partial charge on any atom is 0.253 e. The number of aromatic nitrogens is 1. The lowest BCUT2D eigenvalue weighted by Gasteiger charge is -2.28. The van der Waals surface area contributed by atoms with Gasteiger partial charge in [-0.05, 0) is 36.6 Å². The van der Waals surface area contributed by atoms with Crippen LogP contribution in [0.25, 0.3) is 11.1 Å². The van der Waals surface area contributed by atoms with Gasteiger partial charge in [-0.15, -0.1) is 0 Å². The normalized spacial score (nSPS) is 19.2. The zero-order valence-electron chi connectivity index (χ0n) is 15.9. The predicted octanol–water partition coefficient (Wildman–Crippen LogP) is 3.46. The molecule has 0 radical (unpaired) electrons. The molecule has 0 aliphatic heterocycles. The van der Waals surface area contributed by atoms with Crippen LogP contribution in [0.15, 0.2) is 36.5 Å². The van der Waals surface area contributed by atoms with Crippen LogP contribution >= 0.6 is 11.6 Å². The number of amides is 1. The minimum Gasteiger partial charge on any atom is -0.475 e. The van der Waals surface area contributed by atoms with E-state index >= 15 is 0 Å². The molecule has 2 N–H and O–H groups in total. The summed E-state index contributed by atoms with van der Waals surface area (Å²) in [6.07, 6.45) is 4.48. The number of ether oxygens (including phenoxy) is 2. The van der Waals surface area contributed by atoms with Crippen LogP contribution in [-0.2, 0) is 4.74 Å². The monoisotopic (exact) mass is 404 g/mol. The summed E-state index contributed by atoms with van der Waals surface area (Å²) in [7, 11) is 1.60. The lowest BCUT2D eigenvalue weighted by atomic mass is 9.92. The molecule has 7 heteroatoms. The summed E-state index contributed by atoms with van der Waals surface area (Å²) in [6, 6.07) is 8.80. The van der Waals surface area contributed by atoms with Gasteiger partial charge in [-0.3, -0.25) is 4.79 Å². The number of hydrogen-bond acceptors (Lipinski definition) is 5. The molecule has 2 atom stereocenters. The fourth-order valence-electron chi connectivity index (χ4n) is 3.28. The first-order valence-corrected chi connectivity index (χ1v) is 9.83. The predicted molar refractivity (Wildman–Crippen MR) is 108 cm³/mol. The summed E-state index contributed by atoms with van der Waals surface area (Å²) in [5.74, 6) is 0.172. The Balaban J connectivity index is 1.84. The topological polar surface area (TPSA) is 80.7 Å². The number of rotatable bonds is 7. The lowest BCUT2D eigenvalue weighted by molar-refractivity contribution is 0.0717. The van der Waals surface area contributed by atoms with Crippen LogP contribution in [0.3, 0.4) is 0 Å². The van der Waals surface area contributed by atoms with Gasteiger partial charge in [-0.1, -0.05) is 36.6 Å². The van der Waals surface area contributed by atoms with Gasteiger partial charge in [0.1, 0.15) is 6.61 Å². The summed E-state index contributed by atoms with van der Waals surface area (Å²) in [6.45, 7) is 0.785. The molecule has 2 aromatic rings. The van der Waals surface area contributed by atoms with Crippen molar-refractivity contribution in [2.24, 2.45) is 0 Å². The van der Waals surface area contributed by atoms with Crippen LogP contribution in [0.1, 0.15) is 36.0 Å². The maximum atomic E-state index is 12.7.